The molecule has 0 amide bonds. The van der Waals surface area contributed by atoms with Crippen LogP contribution >= 0.6 is 0 Å². The van der Waals surface area contributed by atoms with E-state index in [4.69, 9.17) is 14.2 Å². The molecule has 0 N–H and O–H groups in total. The van der Waals surface area contributed by atoms with Crippen molar-refractivity contribution < 1.29 is 28.6 Å². The number of carbonyl (C=O) groups excluding carboxylic acids is 3. The number of allylic oxidation sites excluding steroid dienone is 18. The summed E-state index contributed by atoms with van der Waals surface area (Å²) in [6.45, 7) is 6.44. The molecule has 0 spiro atoms. The lowest BCUT2D eigenvalue weighted by Crippen LogP contribution is -2.30. The Hall–Kier alpha value is -3.93. The van der Waals surface area contributed by atoms with E-state index in [-0.39, 0.29) is 44.0 Å². The van der Waals surface area contributed by atoms with E-state index in [1.165, 1.54) is 148 Å². The van der Waals surface area contributed by atoms with Crippen LogP contribution in [0.25, 0.3) is 0 Å². The zero-order chi connectivity index (χ0) is 52.9. The van der Waals surface area contributed by atoms with E-state index in [2.05, 4.69) is 130 Å². The lowest BCUT2D eigenvalue weighted by Gasteiger charge is -2.18. The van der Waals surface area contributed by atoms with Gasteiger partial charge in [0.2, 0.25) is 0 Å². The van der Waals surface area contributed by atoms with Gasteiger partial charge in [-0.3, -0.25) is 14.4 Å². The first-order chi connectivity index (χ1) is 36.0. The first-order valence-corrected chi connectivity index (χ1v) is 30.4. The average Bonchev–Trinajstić information content (AvgIpc) is 3.39. The number of ether oxygens (including phenoxy) is 3. The molecular formula is C67H112O6. The second-order valence-electron chi connectivity index (χ2n) is 19.9. The Kier molecular flexibility index (Phi) is 57.4. The molecule has 0 aromatic heterocycles. The van der Waals surface area contributed by atoms with Crippen molar-refractivity contribution in [3.8, 4) is 0 Å². The predicted molar refractivity (Wildman–Crippen MR) is 316 cm³/mol. The molecule has 416 valence electrons. The summed E-state index contributed by atoms with van der Waals surface area (Å²) in [7, 11) is 0. The van der Waals surface area contributed by atoms with E-state index in [0.717, 1.165) is 77.0 Å². The fraction of sp³-hybridized carbons (Fsp3) is 0.687. The molecule has 0 heterocycles. The van der Waals surface area contributed by atoms with Gasteiger partial charge in [0.05, 0.1) is 0 Å². The van der Waals surface area contributed by atoms with Crippen molar-refractivity contribution in [3.63, 3.8) is 0 Å². The summed E-state index contributed by atoms with van der Waals surface area (Å²) in [4.78, 5) is 38.2. The standard InChI is InChI=1S/C67H112O6/c1-4-7-10-13-16-19-22-25-28-31-32-33-34-37-40-43-46-49-52-55-58-61-67(70)73-64(62-71-65(68)59-56-53-50-47-44-41-38-35-29-26-23-20-17-14-11-8-5-2)63-72-66(69)60-57-54-51-48-45-42-39-36-30-27-24-21-18-15-12-9-6-3/h8,11,17,20,25-30,38-39,41-42,47-48,50-51,64H,4-7,9-10,12-16,18-19,21-24,31-37,40,43-46,49,52-63H2,1-3H3/b11-8-,20-17-,28-25-,29-26-,30-27-,41-38-,42-39-,50-47-,51-48-/t64-/m1/s1. The van der Waals surface area contributed by atoms with Crippen LogP contribution in [0.3, 0.4) is 0 Å². The normalized spacial score (nSPS) is 12.9. The molecule has 73 heavy (non-hydrogen) atoms. The summed E-state index contributed by atoms with van der Waals surface area (Å²) in [5, 5.41) is 0. The highest BCUT2D eigenvalue weighted by molar-refractivity contribution is 5.71. The quantitative estimate of drug-likeness (QED) is 0.0261. The van der Waals surface area contributed by atoms with Crippen LogP contribution in [0.15, 0.2) is 109 Å². The lowest BCUT2D eigenvalue weighted by molar-refractivity contribution is -0.167. The highest BCUT2D eigenvalue weighted by Crippen LogP contribution is 2.15. The van der Waals surface area contributed by atoms with E-state index < -0.39 is 6.10 Å². The van der Waals surface area contributed by atoms with Crippen molar-refractivity contribution in [1.82, 2.24) is 0 Å². The first kappa shape index (κ1) is 69.1. The van der Waals surface area contributed by atoms with Crippen LogP contribution in [0.4, 0.5) is 0 Å². The maximum absolute atomic E-state index is 12.9. The van der Waals surface area contributed by atoms with Crippen molar-refractivity contribution in [2.24, 2.45) is 0 Å². The number of carbonyl (C=O) groups is 3. The van der Waals surface area contributed by atoms with Gasteiger partial charge in [-0.05, 0) is 116 Å². The van der Waals surface area contributed by atoms with E-state index in [0.29, 0.717) is 19.3 Å². The van der Waals surface area contributed by atoms with Crippen LogP contribution in [0.5, 0.6) is 0 Å². The predicted octanol–water partition coefficient (Wildman–Crippen LogP) is 20.7. The van der Waals surface area contributed by atoms with Crippen LogP contribution in [0.1, 0.15) is 278 Å². The van der Waals surface area contributed by atoms with Gasteiger partial charge in [0.15, 0.2) is 6.10 Å². The summed E-state index contributed by atoms with van der Waals surface area (Å²) < 4.78 is 16.8. The van der Waals surface area contributed by atoms with Crippen molar-refractivity contribution in [1.29, 1.82) is 0 Å². The van der Waals surface area contributed by atoms with Crippen LogP contribution in [-0.4, -0.2) is 37.2 Å². The molecule has 0 unspecified atom stereocenters. The molecule has 0 radical (unpaired) electrons. The molecule has 0 bridgehead atoms. The number of rotatable bonds is 54. The van der Waals surface area contributed by atoms with Gasteiger partial charge >= 0.3 is 17.9 Å². The summed E-state index contributed by atoms with van der Waals surface area (Å²) in [6, 6.07) is 0. The summed E-state index contributed by atoms with van der Waals surface area (Å²) in [5.74, 6) is -1.03. The van der Waals surface area contributed by atoms with Crippen molar-refractivity contribution in [3.05, 3.63) is 109 Å². The number of esters is 3. The summed E-state index contributed by atoms with van der Waals surface area (Å²) in [6.07, 6.45) is 82.4. The molecule has 0 aliphatic carbocycles. The van der Waals surface area contributed by atoms with Gasteiger partial charge < -0.3 is 14.2 Å². The molecule has 0 saturated carbocycles. The minimum atomic E-state index is -0.824. The Bertz CT molecular complexity index is 1490. The molecule has 1 atom stereocenters. The van der Waals surface area contributed by atoms with Crippen LogP contribution in [0, 0.1) is 0 Å². The van der Waals surface area contributed by atoms with Crippen LogP contribution in [-0.2, 0) is 28.6 Å². The van der Waals surface area contributed by atoms with Gasteiger partial charge in [0.1, 0.15) is 13.2 Å². The van der Waals surface area contributed by atoms with Crippen molar-refractivity contribution in [2.75, 3.05) is 13.2 Å². The Balaban J connectivity index is 4.51. The van der Waals surface area contributed by atoms with Gasteiger partial charge in [-0.15, -0.1) is 0 Å². The second kappa shape index (κ2) is 60.6. The van der Waals surface area contributed by atoms with Gasteiger partial charge in [-0.25, -0.2) is 0 Å². The summed E-state index contributed by atoms with van der Waals surface area (Å²) in [5.41, 5.74) is 0. The Morgan fingerprint density at radius 1 is 0.288 bits per heavy atom. The molecular weight excluding hydrogens is 901 g/mol. The lowest BCUT2D eigenvalue weighted by atomic mass is 10.0. The molecule has 0 fully saturated rings. The smallest absolute Gasteiger partial charge is 0.306 e. The number of hydrogen-bond acceptors (Lipinski definition) is 6. The molecule has 0 aromatic carbocycles. The largest absolute Gasteiger partial charge is 0.462 e. The highest BCUT2D eigenvalue weighted by atomic mass is 16.6. The molecule has 0 aliphatic rings. The number of unbranched alkanes of at least 4 members (excludes halogenated alkanes) is 25. The monoisotopic (exact) mass is 1010 g/mol. The third-order valence-electron chi connectivity index (χ3n) is 12.7. The van der Waals surface area contributed by atoms with E-state index in [1.807, 2.05) is 0 Å². The zero-order valence-corrected chi connectivity index (χ0v) is 47.6. The summed E-state index contributed by atoms with van der Waals surface area (Å²) >= 11 is 0. The van der Waals surface area contributed by atoms with Crippen molar-refractivity contribution in [2.45, 2.75) is 284 Å². The highest BCUT2D eigenvalue weighted by Gasteiger charge is 2.19. The molecule has 6 heteroatoms. The Labute approximate surface area is 450 Å². The van der Waals surface area contributed by atoms with E-state index in [1.54, 1.807) is 0 Å². The first-order valence-electron chi connectivity index (χ1n) is 30.4. The molecule has 0 aliphatic heterocycles. The molecule has 0 rings (SSSR count). The van der Waals surface area contributed by atoms with E-state index in [9.17, 15) is 14.4 Å². The second-order valence-corrected chi connectivity index (χ2v) is 19.9. The average molecular weight is 1010 g/mol. The van der Waals surface area contributed by atoms with Crippen LogP contribution < -0.4 is 0 Å². The topological polar surface area (TPSA) is 78.9 Å². The van der Waals surface area contributed by atoms with Gasteiger partial charge in [-0.1, -0.05) is 252 Å². The van der Waals surface area contributed by atoms with Gasteiger partial charge in [0, 0.05) is 19.3 Å². The number of hydrogen-bond donors (Lipinski definition) is 0. The Morgan fingerprint density at radius 3 is 0.890 bits per heavy atom. The van der Waals surface area contributed by atoms with Gasteiger partial charge in [-0.2, -0.15) is 0 Å². The van der Waals surface area contributed by atoms with Crippen molar-refractivity contribution >= 4 is 17.9 Å². The minimum absolute atomic E-state index is 0.123. The zero-order valence-electron chi connectivity index (χ0n) is 47.6. The third-order valence-corrected chi connectivity index (χ3v) is 12.7. The molecule has 0 aromatic rings. The third kappa shape index (κ3) is 58.8. The fourth-order valence-electron chi connectivity index (χ4n) is 8.20. The molecule has 6 nitrogen and oxygen atoms in total. The fourth-order valence-corrected chi connectivity index (χ4v) is 8.20. The molecule has 0 saturated heterocycles. The minimum Gasteiger partial charge on any atom is -0.462 e. The van der Waals surface area contributed by atoms with Gasteiger partial charge in [0.25, 0.3) is 0 Å². The Morgan fingerprint density at radius 2 is 0.548 bits per heavy atom. The maximum atomic E-state index is 12.9. The van der Waals surface area contributed by atoms with E-state index >= 15 is 0 Å². The maximum Gasteiger partial charge on any atom is 0.306 e. The SMILES string of the molecule is CC/C=C\C/C=C\C/C=C\C/C=C\C/C=C\CCCC(=O)OC[C@H](COC(=O)CCC/C=C\C/C=C\C/C=C\CCCCCCCC)OC(=O)CCCCCCCCCCCCC/C=C\CCCCCCCC. The van der Waals surface area contributed by atoms with Crippen LogP contribution in [0.2, 0.25) is 0 Å².